The molecule has 0 bridgehead atoms. The summed E-state index contributed by atoms with van der Waals surface area (Å²) in [5, 5.41) is 3.63. The van der Waals surface area contributed by atoms with Gasteiger partial charge >= 0.3 is 0 Å². The molecule has 118 valence electrons. The van der Waals surface area contributed by atoms with Crippen LogP contribution in [0.15, 0.2) is 12.4 Å². The van der Waals surface area contributed by atoms with Crippen molar-refractivity contribution in [2.24, 2.45) is 0 Å². The molecule has 1 N–H and O–H groups in total. The third-order valence-corrected chi connectivity index (χ3v) is 4.44. The van der Waals surface area contributed by atoms with Crippen molar-refractivity contribution in [3.8, 4) is 0 Å². The van der Waals surface area contributed by atoms with Gasteiger partial charge in [-0.25, -0.2) is 0 Å². The number of nitrogens with one attached hydrogen (secondary N) is 1. The van der Waals surface area contributed by atoms with Gasteiger partial charge in [-0.3, -0.25) is 4.79 Å². The molecular formula is C17H29N3O. The highest BCUT2D eigenvalue weighted by atomic mass is 16.2. The first kappa shape index (κ1) is 16.1. The van der Waals surface area contributed by atoms with Crippen molar-refractivity contribution in [3.63, 3.8) is 0 Å². The van der Waals surface area contributed by atoms with E-state index in [1.165, 1.54) is 24.0 Å². The number of likely N-dealkylation sites (N-methyl/N-ethyl adjacent to an activating group) is 1. The van der Waals surface area contributed by atoms with E-state index in [0.29, 0.717) is 12.6 Å². The Kier molecular flexibility index (Phi) is 5.45. The molecule has 2 rings (SSSR count). The highest BCUT2D eigenvalue weighted by molar-refractivity contribution is 5.76. The molecule has 4 nitrogen and oxygen atoms in total. The van der Waals surface area contributed by atoms with E-state index in [-0.39, 0.29) is 11.9 Å². The first-order valence-corrected chi connectivity index (χ1v) is 8.20. The van der Waals surface area contributed by atoms with Crippen LogP contribution in [0.2, 0.25) is 0 Å². The maximum atomic E-state index is 12.2. The van der Waals surface area contributed by atoms with Crippen LogP contribution in [0.5, 0.6) is 0 Å². The van der Waals surface area contributed by atoms with Crippen LogP contribution in [0.1, 0.15) is 57.2 Å². The summed E-state index contributed by atoms with van der Waals surface area (Å²) in [6.07, 6.45) is 9.08. The Morgan fingerprint density at radius 1 is 1.48 bits per heavy atom. The lowest BCUT2D eigenvalue weighted by Crippen LogP contribution is -2.35. The van der Waals surface area contributed by atoms with E-state index in [4.69, 9.17) is 0 Å². The van der Waals surface area contributed by atoms with E-state index >= 15 is 0 Å². The average molecular weight is 291 g/mol. The lowest BCUT2D eigenvalue weighted by atomic mass is 9.91. The Morgan fingerprint density at radius 2 is 2.24 bits per heavy atom. The molecule has 21 heavy (non-hydrogen) atoms. The number of nitrogens with zero attached hydrogens (tertiary/aromatic N) is 2. The predicted octanol–water partition coefficient (Wildman–Crippen LogP) is 2.73. The fourth-order valence-corrected chi connectivity index (χ4v) is 2.93. The van der Waals surface area contributed by atoms with Gasteiger partial charge in [0.25, 0.3) is 0 Å². The Hall–Kier alpha value is -1.29. The quantitative estimate of drug-likeness (QED) is 0.875. The first-order chi connectivity index (χ1) is 10.0. The molecule has 1 amide bonds. The van der Waals surface area contributed by atoms with Gasteiger partial charge in [0.15, 0.2) is 0 Å². The van der Waals surface area contributed by atoms with E-state index in [2.05, 4.69) is 29.2 Å². The smallest absolute Gasteiger partial charge is 0.242 e. The minimum atomic E-state index is 0.176. The normalized spacial score (nSPS) is 17.9. The van der Waals surface area contributed by atoms with Crippen molar-refractivity contribution in [1.82, 2.24) is 14.8 Å². The summed E-state index contributed by atoms with van der Waals surface area (Å²) in [5.74, 6) is 0.176. The van der Waals surface area contributed by atoms with Gasteiger partial charge in [-0.2, -0.15) is 0 Å². The predicted molar refractivity (Wildman–Crippen MR) is 86.3 cm³/mol. The van der Waals surface area contributed by atoms with Crippen molar-refractivity contribution in [1.29, 1.82) is 0 Å². The van der Waals surface area contributed by atoms with Gasteiger partial charge < -0.3 is 14.8 Å². The van der Waals surface area contributed by atoms with Gasteiger partial charge in [0.1, 0.15) is 6.54 Å². The molecule has 1 aliphatic carbocycles. The third kappa shape index (κ3) is 3.88. The minimum absolute atomic E-state index is 0.176. The molecule has 1 heterocycles. The maximum absolute atomic E-state index is 12.2. The number of amides is 1. The topological polar surface area (TPSA) is 37.3 Å². The molecule has 0 fully saturated rings. The second-order valence-corrected chi connectivity index (χ2v) is 6.41. The zero-order valence-electron chi connectivity index (χ0n) is 13.9. The summed E-state index contributed by atoms with van der Waals surface area (Å²) < 4.78 is 2.07. The first-order valence-electron chi connectivity index (χ1n) is 8.20. The van der Waals surface area contributed by atoms with Crippen LogP contribution in [0.25, 0.3) is 0 Å². The van der Waals surface area contributed by atoms with Crippen molar-refractivity contribution < 1.29 is 4.79 Å². The van der Waals surface area contributed by atoms with Gasteiger partial charge in [0, 0.05) is 31.5 Å². The van der Waals surface area contributed by atoms with Gasteiger partial charge in [-0.05, 0) is 57.2 Å². The molecule has 0 aliphatic heterocycles. The summed E-state index contributed by atoms with van der Waals surface area (Å²) in [6, 6.07) is 0.717. The van der Waals surface area contributed by atoms with Gasteiger partial charge in [-0.15, -0.1) is 0 Å². The zero-order valence-corrected chi connectivity index (χ0v) is 13.9. The molecule has 1 aliphatic rings. The maximum Gasteiger partial charge on any atom is 0.242 e. The van der Waals surface area contributed by atoms with E-state index in [9.17, 15) is 4.79 Å². The lowest BCUT2D eigenvalue weighted by molar-refractivity contribution is -0.131. The molecule has 0 saturated heterocycles. The largest absolute Gasteiger partial charge is 0.344 e. The van der Waals surface area contributed by atoms with Crippen molar-refractivity contribution >= 4 is 5.91 Å². The van der Waals surface area contributed by atoms with E-state index < -0.39 is 0 Å². The average Bonchev–Trinajstić information content (AvgIpc) is 2.86. The van der Waals surface area contributed by atoms with E-state index in [1.54, 1.807) is 0 Å². The Balaban J connectivity index is 2.07. The molecule has 1 aromatic heterocycles. The fraction of sp³-hybridized carbons (Fsp3) is 0.706. The zero-order chi connectivity index (χ0) is 15.4. The fourth-order valence-electron chi connectivity index (χ4n) is 2.93. The number of rotatable bonds is 6. The number of fused-ring (bicyclic) bond motifs is 1. The van der Waals surface area contributed by atoms with Crippen molar-refractivity contribution in [2.75, 3.05) is 13.6 Å². The van der Waals surface area contributed by atoms with Crippen LogP contribution in [-0.4, -0.2) is 35.0 Å². The summed E-state index contributed by atoms with van der Waals surface area (Å²) >= 11 is 0. The summed E-state index contributed by atoms with van der Waals surface area (Å²) in [7, 11) is 1.88. The van der Waals surface area contributed by atoms with Gasteiger partial charge in [0.05, 0.1) is 0 Å². The third-order valence-electron chi connectivity index (χ3n) is 4.44. The molecule has 0 saturated carbocycles. The van der Waals surface area contributed by atoms with Gasteiger partial charge in [-0.1, -0.05) is 6.92 Å². The van der Waals surface area contributed by atoms with Gasteiger partial charge in [0.2, 0.25) is 5.91 Å². The SMILES string of the molecule is CCCNC1CCCc2cn(CC(=O)N(C)C(C)C)cc21. The molecule has 1 atom stereocenters. The molecular weight excluding hydrogens is 262 g/mol. The monoisotopic (exact) mass is 291 g/mol. The minimum Gasteiger partial charge on any atom is -0.344 e. The summed E-state index contributed by atoms with van der Waals surface area (Å²) in [6.45, 7) is 7.79. The molecule has 4 heteroatoms. The Bertz CT molecular complexity index is 478. The van der Waals surface area contributed by atoms with Crippen molar-refractivity contribution in [2.45, 2.75) is 65.1 Å². The number of carbonyl (C=O) groups is 1. The molecule has 1 unspecified atom stereocenters. The number of aromatic nitrogens is 1. The van der Waals surface area contributed by atoms with Crippen LogP contribution in [0.3, 0.4) is 0 Å². The number of hydrogen-bond acceptors (Lipinski definition) is 2. The second kappa shape index (κ2) is 7.12. The number of hydrogen-bond donors (Lipinski definition) is 1. The van der Waals surface area contributed by atoms with E-state index in [1.807, 2.05) is 25.8 Å². The van der Waals surface area contributed by atoms with Crippen LogP contribution < -0.4 is 5.32 Å². The molecule has 0 aromatic carbocycles. The summed E-state index contributed by atoms with van der Waals surface area (Å²) in [4.78, 5) is 14.0. The highest BCUT2D eigenvalue weighted by Gasteiger charge is 2.22. The van der Waals surface area contributed by atoms with Crippen LogP contribution in [0.4, 0.5) is 0 Å². The molecule has 0 radical (unpaired) electrons. The number of aryl methyl sites for hydroxylation is 1. The van der Waals surface area contributed by atoms with Crippen LogP contribution in [-0.2, 0) is 17.8 Å². The van der Waals surface area contributed by atoms with Crippen molar-refractivity contribution in [3.05, 3.63) is 23.5 Å². The standard InChI is InChI=1S/C17H29N3O/c1-5-9-18-16-8-6-7-14-10-20(11-15(14)16)12-17(21)19(4)13(2)3/h10-11,13,16,18H,5-9,12H2,1-4H3. The van der Waals surface area contributed by atoms with Crippen LogP contribution in [0, 0.1) is 0 Å². The Morgan fingerprint density at radius 3 is 2.90 bits per heavy atom. The highest BCUT2D eigenvalue weighted by Crippen LogP contribution is 2.30. The van der Waals surface area contributed by atoms with E-state index in [0.717, 1.165) is 19.4 Å². The number of carbonyl (C=O) groups excluding carboxylic acids is 1. The molecule has 1 aromatic rings. The second-order valence-electron chi connectivity index (χ2n) is 6.41. The summed E-state index contributed by atoms with van der Waals surface area (Å²) in [5.41, 5.74) is 2.81. The lowest BCUT2D eigenvalue weighted by Gasteiger charge is -2.23. The van der Waals surface area contributed by atoms with Crippen LogP contribution >= 0.6 is 0 Å². The molecule has 0 spiro atoms. The Labute approximate surface area is 128 Å².